The van der Waals surface area contributed by atoms with Crippen molar-refractivity contribution in [3.63, 3.8) is 0 Å². The van der Waals surface area contributed by atoms with Gasteiger partial charge >= 0.3 is 0 Å². The molecule has 0 spiro atoms. The highest BCUT2D eigenvalue weighted by atomic mass is 35.5. The molecular weight excluding hydrogens is 284 g/mol. The largest absolute Gasteiger partial charge is 0.313 e. The summed E-state index contributed by atoms with van der Waals surface area (Å²) in [5.74, 6) is 1.64. The van der Waals surface area contributed by atoms with E-state index in [9.17, 15) is 0 Å². The molecule has 0 aromatic carbocycles. The van der Waals surface area contributed by atoms with Gasteiger partial charge in [-0.25, -0.2) is 9.97 Å². The van der Waals surface area contributed by atoms with E-state index in [1.54, 1.807) is 0 Å². The molecule has 0 saturated carbocycles. The fraction of sp³-hybridized carbons (Fsp3) is 0.625. The van der Waals surface area contributed by atoms with Crippen LogP contribution in [0.2, 0.25) is 0 Å². The van der Waals surface area contributed by atoms with Gasteiger partial charge in [0.2, 0.25) is 0 Å². The van der Waals surface area contributed by atoms with Crippen molar-refractivity contribution in [2.24, 2.45) is 0 Å². The maximum atomic E-state index is 5.92. The summed E-state index contributed by atoms with van der Waals surface area (Å²) < 4.78 is 2.24. The summed E-state index contributed by atoms with van der Waals surface area (Å²) in [6.45, 7) is 8.53. The van der Waals surface area contributed by atoms with E-state index in [0.717, 1.165) is 42.9 Å². The maximum Gasteiger partial charge on any atom is 0.160 e. The molecule has 0 N–H and O–H groups in total. The molecule has 116 valence electrons. The van der Waals surface area contributed by atoms with Crippen LogP contribution in [0.25, 0.3) is 11.2 Å². The van der Waals surface area contributed by atoms with Crippen molar-refractivity contribution in [3.8, 4) is 0 Å². The zero-order valence-electron chi connectivity index (χ0n) is 13.4. The number of rotatable bonds is 7. The first-order valence-corrected chi connectivity index (χ1v) is 8.15. The minimum absolute atomic E-state index is 0.576. The monoisotopic (exact) mass is 308 g/mol. The second kappa shape index (κ2) is 7.23. The molecule has 4 nitrogen and oxygen atoms in total. The van der Waals surface area contributed by atoms with E-state index in [0.29, 0.717) is 11.9 Å². The van der Waals surface area contributed by atoms with E-state index < -0.39 is 0 Å². The Morgan fingerprint density at radius 1 is 1.38 bits per heavy atom. The number of pyridine rings is 1. The Morgan fingerprint density at radius 2 is 2.14 bits per heavy atom. The Bertz CT molecular complexity index is 591. The quantitative estimate of drug-likeness (QED) is 0.736. The normalized spacial score (nSPS) is 12.0. The third-order valence-electron chi connectivity index (χ3n) is 4.01. The smallest absolute Gasteiger partial charge is 0.160 e. The van der Waals surface area contributed by atoms with Crippen molar-refractivity contribution in [2.75, 3.05) is 19.5 Å². The van der Waals surface area contributed by atoms with E-state index in [4.69, 9.17) is 16.6 Å². The molecule has 0 bridgehead atoms. The van der Waals surface area contributed by atoms with Gasteiger partial charge in [0.05, 0.1) is 0 Å². The number of nitrogens with zero attached hydrogens (tertiary/aromatic N) is 4. The lowest BCUT2D eigenvalue weighted by atomic mass is 10.3. The molecule has 0 unspecified atom stereocenters. The topological polar surface area (TPSA) is 34.0 Å². The van der Waals surface area contributed by atoms with Gasteiger partial charge in [-0.1, -0.05) is 0 Å². The molecule has 0 amide bonds. The first-order chi connectivity index (χ1) is 10.0. The predicted molar refractivity (Wildman–Crippen MR) is 89.1 cm³/mol. The number of aryl methyl sites for hydroxylation is 3. The number of hydrogen-bond donors (Lipinski definition) is 0. The number of hydrogen-bond acceptors (Lipinski definition) is 3. The molecule has 0 radical (unpaired) electrons. The average molecular weight is 309 g/mol. The van der Waals surface area contributed by atoms with E-state index in [2.05, 4.69) is 42.3 Å². The van der Waals surface area contributed by atoms with Crippen molar-refractivity contribution < 1.29 is 0 Å². The maximum absolute atomic E-state index is 5.92. The molecule has 0 saturated heterocycles. The van der Waals surface area contributed by atoms with Crippen molar-refractivity contribution in [1.82, 2.24) is 19.4 Å². The highest BCUT2D eigenvalue weighted by Crippen LogP contribution is 2.18. The van der Waals surface area contributed by atoms with Gasteiger partial charge in [0.25, 0.3) is 0 Å². The summed E-state index contributed by atoms with van der Waals surface area (Å²) >= 11 is 5.92. The van der Waals surface area contributed by atoms with E-state index >= 15 is 0 Å². The van der Waals surface area contributed by atoms with Crippen LogP contribution in [0.4, 0.5) is 0 Å². The van der Waals surface area contributed by atoms with Crippen LogP contribution in [0.3, 0.4) is 0 Å². The minimum Gasteiger partial charge on any atom is -0.313 e. The van der Waals surface area contributed by atoms with Crippen LogP contribution in [0.1, 0.15) is 31.7 Å². The van der Waals surface area contributed by atoms with Crippen molar-refractivity contribution in [2.45, 2.75) is 46.2 Å². The molecular formula is C16H25ClN4. The molecule has 2 rings (SSSR count). The minimum atomic E-state index is 0.576. The molecule has 0 aliphatic rings. The molecule has 5 heteroatoms. The molecule has 0 aliphatic carbocycles. The third-order valence-corrected chi connectivity index (χ3v) is 4.20. The zero-order chi connectivity index (χ0) is 15.4. The lowest BCUT2D eigenvalue weighted by molar-refractivity contribution is 0.265. The van der Waals surface area contributed by atoms with Crippen molar-refractivity contribution in [3.05, 3.63) is 23.7 Å². The number of aromatic nitrogens is 3. The van der Waals surface area contributed by atoms with Gasteiger partial charge in [0, 0.05) is 31.1 Å². The second-order valence-corrected chi connectivity index (χ2v) is 6.22. The van der Waals surface area contributed by atoms with Gasteiger partial charge in [-0.05, 0) is 52.4 Å². The van der Waals surface area contributed by atoms with Gasteiger partial charge < -0.3 is 9.47 Å². The van der Waals surface area contributed by atoms with Gasteiger partial charge in [-0.2, -0.15) is 0 Å². The van der Waals surface area contributed by atoms with E-state index in [1.165, 1.54) is 5.56 Å². The number of halogens is 1. The molecule has 21 heavy (non-hydrogen) atoms. The second-order valence-electron chi connectivity index (χ2n) is 5.85. The first-order valence-electron chi connectivity index (χ1n) is 7.61. The van der Waals surface area contributed by atoms with Crippen LogP contribution < -0.4 is 0 Å². The standard InChI is InChI=1S/C16H25ClN4/c1-12(2)20(4)10-5-11-21-14(6-8-17)19-15-13(3)7-9-18-16(15)21/h7,9,12H,5-6,8,10-11H2,1-4H3. The van der Waals surface area contributed by atoms with Crippen molar-refractivity contribution in [1.29, 1.82) is 0 Å². The lowest BCUT2D eigenvalue weighted by Gasteiger charge is -2.21. The zero-order valence-corrected chi connectivity index (χ0v) is 14.2. The van der Waals surface area contributed by atoms with Gasteiger partial charge in [-0.15, -0.1) is 11.6 Å². The number of imidazole rings is 1. The summed E-state index contributed by atoms with van der Waals surface area (Å²) in [6, 6.07) is 2.59. The van der Waals surface area contributed by atoms with Crippen LogP contribution >= 0.6 is 11.6 Å². The van der Waals surface area contributed by atoms with Gasteiger partial charge in [0.1, 0.15) is 11.3 Å². The summed E-state index contributed by atoms with van der Waals surface area (Å²) in [6.07, 6.45) is 3.74. The van der Waals surface area contributed by atoms with Crippen LogP contribution in [0.5, 0.6) is 0 Å². The third kappa shape index (κ3) is 3.74. The van der Waals surface area contributed by atoms with Gasteiger partial charge in [-0.3, -0.25) is 0 Å². The molecule has 2 aromatic rings. The fourth-order valence-electron chi connectivity index (χ4n) is 2.43. The predicted octanol–water partition coefficient (Wildman–Crippen LogP) is 3.25. The average Bonchev–Trinajstić information content (AvgIpc) is 2.79. The van der Waals surface area contributed by atoms with Gasteiger partial charge in [0.15, 0.2) is 5.65 Å². The Balaban J connectivity index is 2.20. The first kappa shape index (κ1) is 16.2. The fourth-order valence-corrected chi connectivity index (χ4v) is 2.60. The van der Waals surface area contributed by atoms with Crippen molar-refractivity contribution >= 4 is 22.8 Å². The molecule has 0 aliphatic heterocycles. The summed E-state index contributed by atoms with van der Waals surface area (Å²) in [5, 5.41) is 0. The Kier molecular flexibility index (Phi) is 5.59. The van der Waals surface area contributed by atoms with E-state index in [-0.39, 0.29) is 0 Å². The Hall–Kier alpha value is -1.13. The molecule has 2 heterocycles. The SMILES string of the molecule is Cc1ccnc2c1nc(CCCl)n2CCCN(C)C(C)C. The molecule has 0 fully saturated rings. The Labute approximate surface area is 132 Å². The van der Waals surface area contributed by atoms with Crippen LogP contribution in [0, 0.1) is 6.92 Å². The van der Waals surface area contributed by atoms with E-state index in [1.807, 2.05) is 12.3 Å². The number of alkyl halides is 1. The summed E-state index contributed by atoms with van der Waals surface area (Å²) in [7, 11) is 2.17. The summed E-state index contributed by atoms with van der Waals surface area (Å²) in [4.78, 5) is 11.6. The van der Waals surface area contributed by atoms with Crippen LogP contribution in [-0.4, -0.2) is 44.9 Å². The highest BCUT2D eigenvalue weighted by Gasteiger charge is 2.13. The Morgan fingerprint density at radius 3 is 2.81 bits per heavy atom. The number of fused-ring (bicyclic) bond motifs is 1. The molecule has 2 aromatic heterocycles. The molecule has 0 atom stereocenters. The lowest BCUT2D eigenvalue weighted by Crippen LogP contribution is -2.28. The summed E-state index contributed by atoms with van der Waals surface area (Å²) in [5.41, 5.74) is 3.17. The van der Waals surface area contributed by atoms with Crippen LogP contribution in [-0.2, 0) is 13.0 Å². The van der Waals surface area contributed by atoms with Crippen LogP contribution in [0.15, 0.2) is 12.3 Å². The highest BCUT2D eigenvalue weighted by molar-refractivity contribution is 6.17.